The normalized spacial score (nSPS) is 22.1. The maximum atomic E-state index is 13.0. The van der Waals surface area contributed by atoms with Crippen LogP contribution in [0.1, 0.15) is 18.5 Å². The number of nitrogens with one attached hydrogen (secondary N) is 1. The summed E-state index contributed by atoms with van der Waals surface area (Å²) in [5, 5.41) is 2.90. The van der Waals surface area contributed by atoms with Crippen LogP contribution in [0.2, 0.25) is 0 Å². The molecule has 0 saturated carbocycles. The van der Waals surface area contributed by atoms with Gasteiger partial charge >= 0.3 is 12.0 Å². The van der Waals surface area contributed by atoms with Crippen LogP contribution in [-0.4, -0.2) is 43.3 Å². The highest BCUT2D eigenvalue weighted by Crippen LogP contribution is 2.49. The number of urea groups is 1. The van der Waals surface area contributed by atoms with Crippen molar-refractivity contribution in [3.05, 3.63) is 54.1 Å². The number of ether oxygens (including phenoxy) is 3. The van der Waals surface area contributed by atoms with E-state index in [2.05, 4.69) is 5.32 Å². The highest BCUT2D eigenvalue weighted by atomic mass is 16.5. The second kappa shape index (κ2) is 7.42. The Morgan fingerprint density at radius 2 is 2.00 bits per heavy atom. The average molecular weight is 382 g/mol. The van der Waals surface area contributed by atoms with Crippen molar-refractivity contribution >= 4 is 17.7 Å². The Kier molecular flexibility index (Phi) is 4.81. The van der Waals surface area contributed by atoms with Crippen molar-refractivity contribution in [2.24, 2.45) is 5.92 Å². The predicted molar refractivity (Wildman–Crippen MR) is 102 cm³/mol. The zero-order valence-corrected chi connectivity index (χ0v) is 15.8. The van der Waals surface area contributed by atoms with Crippen LogP contribution in [-0.2, 0) is 9.53 Å². The van der Waals surface area contributed by atoms with Crippen molar-refractivity contribution in [3.63, 3.8) is 0 Å². The van der Waals surface area contributed by atoms with Gasteiger partial charge in [-0.05, 0) is 31.2 Å². The van der Waals surface area contributed by atoms with Crippen molar-refractivity contribution in [2.45, 2.75) is 19.1 Å². The average Bonchev–Trinajstić information content (AvgIpc) is 3.25. The van der Waals surface area contributed by atoms with E-state index in [0.717, 1.165) is 5.56 Å². The molecule has 1 fully saturated rings. The molecule has 2 aliphatic heterocycles. The van der Waals surface area contributed by atoms with Crippen LogP contribution in [0.4, 0.5) is 10.5 Å². The first-order chi connectivity index (χ1) is 13.6. The Bertz CT molecular complexity index is 886. The number of esters is 1. The minimum Gasteiger partial charge on any atom is -0.497 e. The van der Waals surface area contributed by atoms with Gasteiger partial charge in [-0.15, -0.1) is 0 Å². The third-order valence-electron chi connectivity index (χ3n) is 5.11. The molecule has 1 N–H and O–H groups in total. The summed E-state index contributed by atoms with van der Waals surface area (Å²) < 4.78 is 16.6. The number of carbonyl (C=O) groups is 2. The van der Waals surface area contributed by atoms with Gasteiger partial charge in [-0.3, -0.25) is 4.79 Å². The number of hydrogen-bond donors (Lipinski definition) is 1. The first-order valence-electron chi connectivity index (χ1n) is 9.26. The van der Waals surface area contributed by atoms with Crippen LogP contribution in [0.25, 0.3) is 0 Å². The number of nitrogens with zero attached hydrogens (tertiary/aromatic N) is 1. The lowest BCUT2D eigenvalue weighted by molar-refractivity contribution is -0.149. The lowest BCUT2D eigenvalue weighted by Gasteiger charge is -2.23. The second-order valence-electron chi connectivity index (χ2n) is 6.74. The molecule has 2 aromatic carbocycles. The number of methoxy groups -OCH3 is 1. The Labute approximate surface area is 163 Å². The third kappa shape index (κ3) is 3.13. The van der Waals surface area contributed by atoms with E-state index in [0.29, 0.717) is 17.2 Å². The largest absolute Gasteiger partial charge is 0.497 e. The zero-order valence-electron chi connectivity index (χ0n) is 15.8. The van der Waals surface area contributed by atoms with Crippen molar-refractivity contribution in [3.8, 4) is 11.5 Å². The minimum absolute atomic E-state index is 0.234. The minimum atomic E-state index is -0.551. The SMILES string of the molecule is CCOC(=O)[C@@H]1CN(C(=O)Nc2ccccc2)[C@H]2c3ccc(OC)cc3O[C@@H]12. The maximum Gasteiger partial charge on any atom is 0.322 e. The fraction of sp³-hybridized carbons (Fsp3) is 0.333. The summed E-state index contributed by atoms with van der Waals surface area (Å²) in [4.78, 5) is 27.2. The molecule has 0 spiro atoms. The first-order valence-corrected chi connectivity index (χ1v) is 9.26. The van der Waals surface area contributed by atoms with Crippen molar-refractivity contribution in [1.82, 2.24) is 4.90 Å². The van der Waals surface area contributed by atoms with Gasteiger partial charge < -0.3 is 24.4 Å². The van der Waals surface area contributed by atoms with Gasteiger partial charge in [-0.25, -0.2) is 4.79 Å². The number of likely N-dealkylation sites (tertiary alicyclic amines) is 1. The number of amides is 2. The lowest BCUT2D eigenvalue weighted by atomic mass is 9.99. The quantitative estimate of drug-likeness (QED) is 0.822. The number of hydrogen-bond acceptors (Lipinski definition) is 5. The molecule has 2 aromatic rings. The second-order valence-corrected chi connectivity index (χ2v) is 6.74. The number of anilines is 1. The highest BCUT2D eigenvalue weighted by Gasteiger charge is 2.54. The molecule has 3 atom stereocenters. The molecule has 7 nitrogen and oxygen atoms in total. The van der Waals surface area contributed by atoms with Gasteiger partial charge in [-0.2, -0.15) is 0 Å². The van der Waals surface area contributed by atoms with E-state index < -0.39 is 12.0 Å². The summed E-state index contributed by atoms with van der Waals surface area (Å²) in [5.74, 6) is 0.379. The van der Waals surface area contributed by atoms with E-state index in [9.17, 15) is 9.59 Å². The summed E-state index contributed by atoms with van der Waals surface area (Å²) in [7, 11) is 1.58. The maximum absolute atomic E-state index is 13.0. The van der Waals surface area contributed by atoms with E-state index >= 15 is 0 Å². The third-order valence-corrected chi connectivity index (χ3v) is 5.11. The Morgan fingerprint density at radius 3 is 2.71 bits per heavy atom. The first kappa shape index (κ1) is 18.2. The molecule has 28 heavy (non-hydrogen) atoms. The molecular weight excluding hydrogens is 360 g/mol. The molecule has 4 rings (SSSR count). The summed E-state index contributed by atoms with van der Waals surface area (Å²) in [6.07, 6.45) is -0.484. The topological polar surface area (TPSA) is 77.1 Å². The van der Waals surface area contributed by atoms with E-state index in [1.165, 1.54) is 0 Å². The van der Waals surface area contributed by atoms with Crippen LogP contribution in [0, 0.1) is 5.92 Å². The number of rotatable bonds is 4. The lowest BCUT2D eigenvalue weighted by Crippen LogP contribution is -2.35. The Morgan fingerprint density at radius 1 is 1.21 bits per heavy atom. The Hall–Kier alpha value is -3.22. The van der Waals surface area contributed by atoms with Gasteiger partial charge in [-0.1, -0.05) is 18.2 Å². The molecule has 0 unspecified atom stereocenters. The summed E-state index contributed by atoms with van der Waals surface area (Å²) >= 11 is 0. The van der Waals surface area contributed by atoms with E-state index in [1.54, 1.807) is 25.0 Å². The fourth-order valence-electron chi connectivity index (χ4n) is 3.84. The zero-order chi connectivity index (χ0) is 19.7. The number of carbonyl (C=O) groups excluding carboxylic acids is 2. The van der Waals surface area contributed by atoms with Gasteiger partial charge in [0.05, 0.1) is 13.7 Å². The smallest absolute Gasteiger partial charge is 0.322 e. The number of benzene rings is 2. The fourth-order valence-corrected chi connectivity index (χ4v) is 3.84. The van der Waals surface area contributed by atoms with Crippen LogP contribution >= 0.6 is 0 Å². The summed E-state index contributed by atoms with van der Waals surface area (Å²) in [6.45, 7) is 2.28. The molecular formula is C21H22N2O5. The molecule has 2 amide bonds. The summed E-state index contributed by atoms with van der Waals surface area (Å²) in [5.41, 5.74) is 1.55. The molecule has 7 heteroatoms. The monoisotopic (exact) mass is 382 g/mol. The number of para-hydroxylation sites is 1. The van der Waals surface area contributed by atoms with E-state index in [1.807, 2.05) is 42.5 Å². The summed E-state index contributed by atoms with van der Waals surface area (Å²) in [6, 6.07) is 14.1. The van der Waals surface area contributed by atoms with Crippen LogP contribution in [0.5, 0.6) is 11.5 Å². The van der Waals surface area contributed by atoms with Gasteiger partial charge in [0, 0.05) is 23.9 Å². The molecule has 2 aliphatic rings. The molecule has 0 aromatic heterocycles. The van der Waals surface area contributed by atoms with Gasteiger partial charge in [0.15, 0.2) is 0 Å². The van der Waals surface area contributed by atoms with E-state index in [4.69, 9.17) is 14.2 Å². The standard InChI is InChI=1S/C21H22N2O5/c1-3-27-20(24)16-12-23(21(25)22-13-7-5-4-6-8-13)18-15-10-9-14(26-2)11-17(15)28-19(16)18/h4-11,16,18-19H,3,12H2,1-2H3,(H,22,25)/t16-,18+,19+/m1/s1. The number of fused-ring (bicyclic) bond motifs is 3. The van der Waals surface area contributed by atoms with Crippen molar-refractivity contribution in [1.29, 1.82) is 0 Å². The van der Waals surface area contributed by atoms with Gasteiger partial charge in [0.1, 0.15) is 29.6 Å². The molecule has 0 aliphatic carbocycles. The van der Waals surface area contributed by atoms with Gasteiger partial charge in [0.2, 0.25) is 0 Å². The molecule has 0 bridgehead atoms. The van der Waals surface area contributed by atoms with Crippen molar-refractivity contribution in [2.75, 3.05) is 25.6 Å². The molecule has 0 radical (unpaired) electrons. The molecule has 146 valence electrons. The van der Waals surface area contributed by atoms with Crippen LogP contribution < -0.4 is 14.8 Å². The highest BCUT2D eigenvalue weighted by molar-refractivity contribution is 5.91. The predicted octanol–water partition coefficient (Wildman–Crippen LogP) is 3.22. The van der Waals surface area contributed by atoms with Crippen LogP contribution in [0.3, 0.4) is 0 Å². The molecule has 2 heterocycles. The Balaban J connectivity index is 1.65. The van der Waals surface area contributed by atoms with E-state index in [-0.39, 0.29) is 31.2 Å². The molecule has 1 saturated heterocycles. The van der Waals surface area contributed by atoms with Gasteiger partial charge in [0.25, 0.3) is 0 Å². The van der Waals surface area contributed by atoms with Crippen LogP contribution in [0.15, 0.2) is 48.5 Å². The van der Waals surface area contributed by atoms with Crippen molar-refractivity contribution < 1.29 is 23.8 Å².